The van der Waals surface area contributed by atoms with E-state index in [1.807, 2.05) is 68.3 Å². The second-order valence-corrected chi connectivity index (χ2v) is 19.0. The van der Waals surface area contributed by atoms with Gasteiger partial charge in [-0.2, -0.15) is 8.42 Å². The monoisotopic (exact) mass is 851 g/mol. The van der Waals surface area contributed by atoms with E-state index in [1.165, 1.54) is 0 Å². The number of aliphatic hydroxyl groups excluding tert-OH is 3. The van der Waals surface area contributed by atoms with E-state index in [0.717, 1.165) is 22.0 Å². The Morgan fingerprint density at radius 1 is 1.00 bits per heavy atom. The summed E-state index contributed by atoms with van der Waals surface area (Å²) >= 11 is 0. The van der Waals surface area contributed by atoms with Gasteiger partial charge in [-0.25, -0.2) is 0 Å². The van der Waals surface area contributed by atoms with Gasteiger partial charge in [-0.05, 0) is 85.4 Å². The number of piperidine rings is 1. The molecule has 1 aliphatic carbocycles. The standard InChI is InChI=1S/C43H55N5O7.H2O4S/c1-4-39(54)19-25-20-42(33(51)23-50,34-28(11-15-47(21-25)24-39)27-9-6-7-10-31(27)45-34)29-18-30-32(17-26(29)22-49)46(3)36-41(30)13-16-48-14-8-12-40(5-2,35(41)48)37(52)43(36,55)38(44)53;1-5(2,3)4/h6-10,12,17-18,25,35-37,45,49-50,52,54-55H,4-5,11,13-16,19-24H2,1-3H3,(H2,44,53);(H2,1,2,3,4)/t25-,35+,36-,37-,39+,40-,41?,42-,43+;/m1./s1. The van der Waals surface area contributed by atoms with Crippen LogP contribution in [-0.4, -0.2) is 145 Å². The number of carbonyl (C=O) groups is 2. The van der Waals surface area contributed by atoms with Crippen LogP contribution >= 0.6 is 0 Å². The number of anilines is 1. The Morgan fingerprint density at radius 2 is 1.72 bits per heavy atom. The molecule has 6 heterocycles. The largest absolute Gasteiger partial charge is 0.394 e. The van der Waals surface area contributed by atoms with E-state index >= 15 is 4.79 Å². The lowest BCUT2D eigenvalue weighted by atomic mass is 9.47. The molecule has 1 spiro atoms. The van der Waals surface area contributed by atoms with Gasteiger partial charge in [0.05, 0.1) is 23.7 Å². The number of nitrogens with zero attached hydrogens (tertiary/aromatic N) is 3. The molecule has 0 radical (unpaired) electrons. The molecular formula is C43H57N5O11S. The van der Waals surface area contributed by atoms with Crippen molar-refractivity contribution in [2.45, 2.75) is 99.2 Å². The maximum Gasteiger partial charge on any atom is 0.394 e. The average Bonchev–Trinajstić information content (AvgIpc) is 3.87. The topological polar surface area (TPSA) is 261 Å². The molecule has 6 aliphatic rings. The van der Waals surface area contributed by atoms with E-state index in [9.17, 15) is 30.3 Å². The summed E-state index contributed by atoms with van der Waals surface area (Å²) in [5.41, 5.74) is 4.62. The normalized spacial score (nSPS) is 36.8. The molecule has 1 aromatic heterocycles. The van der Waals surface area contributed by atoms with Crippen molar-refractivity contribution in [2.24, 2.45) is 17.1 Å². The zero-order valence-corrected chi connectivity index (χ0v) is 35.0. The fraction of sp³-hybridized carbons (Fsp3) is 0.581. The number of nitrogens with one attached hydrogen (secondary N) is 1. The number of benzene rings is 2. The lowest BCUT2D eigenvalue weighted by molar-refractivity contribution is -0.201. The van der Waals surface area contributed by atoms with E-state index < -0.39 is 74.9 Å². The van der Waals surface area contributed by atoms with Crippen molar-refractivity contribution in [3.8, 4) is 0 Å². The number of nitrogens with two attached hydrogens (primary N) is 1. The first-order chi connectivity index (χ1) is 28.3. The molecule has 16 nitrogen and oxygen atoms in total. The molecule has 2 saturated heterocycles. The first-order valence-electron chi connectivity index (χ1n) is 20.8. The summed E-state index contributed by atoms with van der Waals surface area (Å²) in [6.45, 7) is 6.00. The summed E-state index contributed by atoms with van der Waals surface area (Å²) in [6.07, 6.45) is 5.43. The fourth-order valence-electron chi connectivity index (χ4n) is 13.2. The van der Waals surface area contributed by atoms with Gasteiger partial charge >= 0.3 is 10.4 Å². The van der Waals surface area contributed by atoms with Crippen LogP contribution in [0, 0.1) is 11.3 Å². The molecule has 60 heavy (non-hydrogen) atoms. The molecule has 1 saturated carbocycles. The van der Waals surface area contributed by atoms with Crippen molar-refractivity contribution in [1.29, 1.82) is 0 Å². The van der Waals surface area contributed by atoms with Gasteiger partial charge in [0, 0.05) is 72.4 Å². The number of Topliss-reactive ketones (excluding diaryl/α,β-unsaturated/α-hetero) is 1. The Kier molecular flexibility index (Phi) is 10.5. The van der Waals surface area contributed by atoms with Crippen LogP contribution in [0.5, 0.6) is 0 Å². The van der Waals surface area contributed by atoms with Gasteiger partial charge in [-0.3, -0.25) is 28.5 Å². The van der Waals surface area contributed by atoms with Crippen LogP contribution in [0.15, 0.2) is 48.6 Å². The Hall–Kier alpha value is -3.75. The third-order valence-corrected chi connectivity index (χ3v) is 15.4. The highest BCUT2D eigenvalue weighted by Gasteiger charge is 2.78. The van der Waals surface area contributed by atoms with E-state index in [4.69, 9.17) is 23.3 Å². The summed E-state index contributed by atoms with van der Waals surface area (Å²) in [7, 11) is -2.85. The summed E-state index contributed by atoms with van der Waals surface area (Å²) in [6, 6.07) is 10.7. The van der Waals surface area contributed by atoms with Crippen LogP contribution in [-0.2, 0) is 43.8 Å². The van der Waals surface area contributed by atoms with Crippen molar-refractivity contribution < 1.29 is 52.6 Å². The Labute approximate surface area is 349 Å². The number of ketones is 1. The molecule has 9 rings (SSSR count). The Morgan fingerprint density at radius 3 is 2.37 bits per heavy atom. The number of fused-ring (bicyclic) bond motifs is 6. The zero-order valence-electron chi connectivity index (χ0n) is 34.2. The van der Waals surface area contributed by atoms with Crippen LogP contribution in [0.3, 0.4) is 0 Å². The molecular weight excluding hydrogens is 795 g/mol. The zero-order chi connectivity index (χ0) is 43.4. The molecule has 2 aromatic carbocycles. The van der Waals surface area contributed by atoms with Crippen LogP contribution in [0.25, 0.3) is 10.9 Å². The smallest absolute Gasteiger partial charge is 0.392 e. The van der Waals surface area contributed by atoms with E-state index in [0.29, 0.717) is 87.3 Å². The quantitative estimate of drug-likeness (QED) is 0.119. The minimum Gasteiger partial charge on any atom is -0.392 e. The molecule has 10 N–H and O–H groups in total. The maximum atomic E-state index is 15.1. The predicted molar refractivity (Wildman–Crippen MR) is 222 cm³/mol. The SMILES string of the molecule is CC[C@]1(O)C[C@H]2CN(CCc3c([nH]c4ccccc34)[C@@](C(=O)CO)(c3cc4c(cc3CO)N(C)[C@@H]3C45CCN4CC=C[C@](CC)([C@H]45)[C@@H](O)[C@]3(O)C(N)=O)C2)C1.O=S(=O)(O)O. The van der Waals surface area contributed by atoms with Crippen molar-refractivity contribution in [2.75, 3.05) is 51.3 Å². The third kappa shape index (κ3) is 5.99. The van der Waals surface area contributed by atoms with Gasteiger partial charge in [-0.1, -0.05) is 50.3 Å². The fourth-order valence-corrected chi connectivity index (χ4v) is 13.2. The van der Waals surface area contributed by atoms with Gasteiger partial charge in [0.1, 0.15) is 12.7 Å². The molecule has 326 valence electrons. The van der Waals surface area contributed by atoms with Crippen molar-refractivity contribution in [1.82, 2.24) is 14.8 Å². The van der Waals surface area contributed by atoms with Gasteiger partial charge in [0.25, 0.3) is 5.91 Å². The number of amides is 1. The number of likely N-dealkylation sites (N-methyl/N-ethyl adjacent to an activating group) is 1. The summed E-state index contributed by atoms with van der Waals surface area (Å²) < 4.78 is 31.6. The molecule has 17 heteroatoms. The molecule has 1 amide bonds. The summed E-state index contributed by atoms with van der Waals surface area (Å²) in [4.78, 5) is 39.0. The Bertz CT molecular complexity index is 2360. The number of aromatic nitrogens is 1. The Balaban J connectivity index is 0.000000943. The first kappa shape index (κ1) is 42.9. The number of para-hydroxylation sites is 1. The third-order valence-electron chi connectivity index (χ3n) is 15.4. The highest BCUT2D eigenvalue weighted by molar-refractivity contribution is 7.79. The number of carbonyl (C=O) groups excluding carboxylic acids is 2. The molecule has 5 aliphatic heterocycles. The van der Waals surface area contributed by atoms with Crippen LogP contribution in [0.2, 0.25) is 0 Å². The van der Waals surface area contributed by atoms with Gasteiger partial charge < -0.3 is 41.2 Å². The molecule has 3 fully saturated rings. The highest BCUT2D eigenvalue weighted by Crippen LogP contribution is 2.67. The van der Waals surface area contributed by atoms with Crippen molar-refractivity contribution in [3.05, 3.63) is 76.5 Å². The van der Waals surface area contributed by atoms with Gasteiger partial charge in [0.2, 0.25) is 0 Å². The number of H-pyrrole nitrogens is 1. The maximum absolute atomic E-state index is 15.1. The lowest BCUT2D eigenvalue weighted by Gasteiger charge is -2.63. The number of aromatic amines is 1. The van der Waals surface area contributed by atoms with Gasteiger partial charge in [0.15, 0.2) is 11.4 Å². The summed E-state index contributed by atoms with van der Waals surface area (Å²) in [5.74, 6) is -1.53. The minimum atomic E-state index is -4.67. The van der Waals surface area contributed by atoms with E-state index in [-0.39, 0.29) is 18.4 Å². The predicted octanol–water partition coefficient (Wildman–Crippen LogP) is 0.952. The average molecular weight is 852 g/mol. The molecule has 10 atom stereocenters. The molecule has 2 bridgehead atoms. The van der Waals surface area contributed by atoms with Crippen LogP contribution in [0.1, 0.15) is 73.9 Å². The van der Waals surface area contributed by atoms with Crippen molar-refractivity contribution in [3.63, 3.8) is 0 Å². The van der Waals surface area contributed by atoms with Gasteiger partial charge in [-0.15, -0.1) is 0 Å². The molecule has 2 unspecified atom stereocenters. The number of rotatable bonds is 7. The lowest BCUT2D eigenvalue weighted by Crippen LogP contribution is -2.81. The number of aliphatic hydroxyl groups is 5. The second kappa shape index (κ2) is 14.7. The van der Waals surface area contributed by atoms with Crippen molar-refractivity contribution >= 4 is 38.7 Å². The molecule has 3 aromatic rings. The number of hydrogen-bond acceptors (Lipinski definition) is 12. The van der Waals surface area contributed by atoms with E-state index in [1.54, 1.807) is 0 Å². The minimum absolute atomic E-state index is 0.136. The van der Waals surface area contributed by atoms with Crippen LogP contribution in [0.4, 0.5) is 5.69 Å². The van der Waals surface area contributed by atoms with E-state index in [2.05, 4.69) is 20.9 Å². The summed E-state index contributed by atoms with van der Waals surface area (Å²) in [5, 5.41) is 60.3. The van der Waals surface area contributed by atoms with Crippen LogP contribution < -0.4 is 10.6 Å². The first-order valence-corrected chi connectivity index (χ1v) is 22.2. The number of hydrogen-bond donors (Lipinski definition) is 9. The highest BCUT2D eigenvalue weighted by atomic mass is 32.3. The second-order valence-electron chi connectivity index (χ2n) is 18.1. The number of primary amides is 1.